The Bertz CT molecular complexity index is 425. The minimum atomic E-state index is -1.05. The Morgan fingerprint density at radius 2 is 2.00 bits per heavy atom. The predicted octanol–water partition coefficient (Wildman–Crippen LogP) is 2.49. The van der Waals surface area contributed by atoms with Gasteiger partial charge in [-0.25, -0.2) is 4.39 Å². The van der Waals surface area contributed by atoms with Crippen molar-refractivity contribution in [3.63, 3.8) is 0 Å². The molecule has 2 N–H and O–H groups in total. The zero-order valence-electron chi connectivity index (χ0n) is 9.54. The van der Waals surface area contributed by atoms with E-state index >= 15 is 0 Å². The van der Waals surface area contributed by atoms with Gasteiger partial charge < -0.3 is 10.2 Å². The molecule has 0 aromatic heterocycles. The predicted molar refractivity (Wildman–Crippen MR) is 57.9 cm³/mol. The molecule has 3 nitrogen and oxygen atoms in total. The molecular weight excluding hydrogens is 211 g/mol. The van der Waals surface area contributed by atoms with Crippen molar-refractivity contribution in [3.8, 4) is 5.75 Å². The zero-order valence-corrected chi connectivity index (χ0v) is 9.54. The van der Waals surface area contributed by atoms with Crippen LogP contribution in [0.5, 0.6) is 5.75 Å². The van der Waals surface area contributed by atoms with Crippen molar-refractivity contribution in [1.82, 2.24) is 0 Å². The van der Waals surface area contributed by atoms with Gasteiger partial charge in [0, 0.05) is 0 Å². The third kappa shape index (κ3) is 2.51. The van der Waals surface area contributed by atoms with E-state index in [2.05, 4.69) is 0 Å². The molecule has 0 aliphatic rings. The number of carbonyl (C=O) groups is 1. The second kappa shape index (κ2) is 4.12. The Kier molecular flexibility index (Phi) is 3.21. The zero-order chi connectivity index (χ0) is 12.5. The van der Waals surface area contributed by atoms with Crippen LogP contribution in [0.1, 0.15) is 25.0 Å². The van der Waals surface area contributed by atoms with Gasteiger partial charge in [0.2, 0.25) is 0 Å². The summed E-state index contributed by atoms with van der Waals surface area (Å²) in [5.74, 6) is -2.16. The molecule has 0 radical (unpaired) electrons. The molecular formula is C12H15FO3. The minimum absolute atomic E-state index is 0.0450. The number of halogens is 1. The largest absolute Gasteiger partial charge is 0.505 e. The number of aryl methyl sites for hydroxylation is 1. The highest BCUT2D eigenvalue weighted by Crippen LogP contribution is 2.28. The highest BCUT2D eigenvalue weighted by atomic mass is 19.1. The number of hydrogen-bond donors (Lipinski definition) is 2. The number of hydrogen-bond acceptors (Lipinski definition) is 2. The normalized spacial score (nSPS) is 11.5. The van der Waals surface area contributed by atoms with Crippen molar-refractivity contribution in [2.24, 2.45) is 5.41 Å². The van der Waals surface area contributed by atoms with E-state index in [-0.39, 0.29) is 12.0 Å². The lowest BCUT2D eigenvalue weighted by molar-refractivity contribution is -0.146. The smallest absolute Gasteiger partial charge is 0.309 e. The summed E-state index contributed by atoms with van der Waals surface area (Å²) in [6.07, 6.45) is 0.0450. The molecule has 16 heavy (non-hydrogen) atoms. The van der Waals surface area contributed by atoms with Crippen LogP contribution in [0.3, 0.4) is 0 Å². The number of carboxylic acid groups (broad SMARTS) is 1. The van der Waals surface area contributed by atoms with E-state index in [0.29, 0.717) is 5.56 Å². The Morgan fingerprint density at radius 1 is 1.44 bits per heavy atom. The maximum Gasteiger partial charge on any atom is 0.309 e. The number of rotatable bonds is 3. The van der Waals surface area contributed by atoms with Gasteiger partial charge in [-0.1, -0.05) is 6.07 Å². The van der Waals surface area contributed by atoms with Gasteiger partial charge >= 0.3 is 5.97 Å². The second-order valence-electron chi connectivity index (χ2n) is 4.62. The standard InChI is InChI=1S/C12H15FO3/c1-7-4-8(10(13)9(14)5-7)6-12(2,3)11(15)16/h4-5,14H,6H2,1-3H3,(H,15,16). The van der Waals surface area contributed by atoms with Crippen molar-refractivity contribution in [1.29, 1.82) is 0 Å². The molecule has 0 fully saturated rings. The second-order valence-corrected chi connectivity index (χ2v) is 4.62. The molecule has 88 valence electrons. The number of benzene rings is 1. The molecule has 1 aromatic carbocycles. The van der Waals surface area contributed by atoms with Crippen molar-refractivity contribution in [2.75, 3.05) is 0 Å². The number of phenols is 1. The molecule has 0 saturated heterocycles. The molecule has 1 rings (SSSR count). The van der Waals surface area contributed by atoms with Crippen LogP contribution >= 0.6 is 0 Å². The van der Waals surface area contributed by atoms with Gasteiger partial charge in [-0.05, 0) is 44.4 Å². The molecule has 0 bridgehead atoms. The maximum atomic E-state index is 13.5. The lowest BCUT2D eigenvalue weighted by Gasteiger charge is -2.19. The monoisotopic (exact) mass is 226 g/mol. The van der Waals surface area contributed by atoms with E-state index in [1.807, 2.05) is 0 Å². The van der Waals surface area contributed by atoms with E-state index in [0.717, 1.165) is 0 Å². The molecule has 0 aliphatic heterocycles. The average molecular weight is 226 g/mol. The van der Waals surface area contributed by atoms with Crippen molar-refractivity contribution in [2.45, 2.75) is 27.2 Å². The number of aliphatic carboxylic acids is 1. The van der Waals surface area contributed by atoms with Crippen LogP contribution in [0.25, 0.3) is 0 Å². The summed E-state index contributed by atoms with van der Waals surface area (Å²) >= 11 is 0. The van der Waals surface area contributed by atoms with E-state index in [1.54, 1.807) is 13.0 Å². The number of phenolic OH excluding ortho intramolecular Hbond substituents is 1. The summed E-state index contributed by atoms with van der Waals surface area (Å²) in [5.41, 5.74) is -0.124. The fourth-order valence-corrected chi connectivity index (χ4v) is 1.50. The van der Waals surface area contributed by atoms with Gasteiger partial charge in [0.05, 0.1) is 5.41 Å². The first-order valence-electron chi connectivity index (χ1n) is 4.95. The Morgan fingerprint density at radius 3 is 2.50 bits per heavy atom. The van der Waals surface area contributed by atoms with Gasteiger partial charge in [-0.15, -0.1) is 0 Å². The molecule has 0 heterocycles. The lowest BCUT2D eigenvalue weighted by Crippen LogP contribution is -2.26. The fourth-order valence-electron chi connectivity index (χ4n) is 1.50. The first-order valence-corrected chi connectivity index (χ1v) is 4.95. The molecule has 0 atom stereocenters. The lowest BCUT2D eigenvalue weighted by atomic mass is 9.85. The third-order valence-corrected chi connectivity index (χ3v) is 2.48. The van der Waals surface area contributed by atoms with E-state index in [1.165, 1.54) is 19.9 Å². The van der Waals surface area contributed by atoms with Crippen LogP contribution in [0.15, 0.2) is 12.1 Å². The molecule has 0 amide bonds. The van der Waals surface area contributed by atoms with Gasteiger partial charge in [-0.2, -0.15) is 0 Å². The highest BCUT2D eigenvalue weighted by molar-refractivity contribution is 5.74. The van der Waals surface area contributed by atoms with Gasteiger partial charge in [0.1, 0.15) is 0 Å². The summed E-state index contributed by atoms with van der Waals surface area (Å²) < 4.78 is 13.5. The topological polar surface area (TPSA) is 57.5 Å². The average Bonchev–Trinajstić information content (AvgIpc) is 2.12. The van der Waals surface area contributed by atoms with Crippen LogP contribution in [0, 0.1) is 18.2 Å². The van der Waals surface area contributed by atoms with Crippen LogP contribution in [0.4, 0.5) is 4.39 Å². The summed E-state index contributed by atoms with van der Waals surface area (Å²) in [6, 6.07) is 2.87. The van der Waals surface area contributed by atoms with Gasteiger partial charge in [0.15, 0.2) is 11.6 Å². The summed E-state index contributed by atoms with van der Waals surface area (Å²) in [6.45, 7) is 4.76. The van der Waals surface area contributed by atoms with Crippen molar-refractivity contribution in [3.05, 3.63) is 29.1 Å². The van der Waals surface area contributed by atoms with Crippen LogP contribution < -0.4 is 0 Å². The van der Waals surface area contributed by atoms with Crippen LogP contribution in [0.2, 0.25) is 0 Å². The van der Waals surface area contributed by atoms with Crippen molar-refractivity contribution < 1.29 is 19.4 Å². The summed E-state index contributed by atoms with van der Waals surface area (Å²) in [7, 11) is 0. The molecule has 4 heteroatoms. The van der Waals surface area contributed by atoms with Crippen molar-refractivity contribution >= 4 is 5.97 Å². The summed E-state index contributed by atoms with van der Waals surface area (Å²) in [5, 5.41) is 18.2. The first-order chi connectivity index (χ1) is 7.24. The Hall–Kier alpha value is -1.58. The van der Waals surface area contributed by atoms with Gasteiger partial charge in [-0.3, -0.25) is 4.79 Å². The fraction of sp³-hybridized carbons (Fsp3) is 0.417. The quantitative estimate of drug-likeness (QED) is 0.832. The molecule has 0 unspecified atom stereocenters. The Labute approximate surface area is 93.5 Å². The van der Waals surface area contributed by atoms with Crippen LogP contribution in [-0.2, 0) is 11.2 Å². The SMILES string of the molecule is Cc1cc(O)c(F)c(CC(C)(C)C(=O)O)c1. The molecule has 0 spiro atoms. The molecule has 0 saturated carbocycles. The number of carboxylic acids is 1. The highest BCUT2D eigenvalue weighted by Gasteiger charge is 2.29. The van der Waals surface area contributed by atoms with E-state index in [4.69, 9.17) is 5.11 Å². The Balaban J connectivity index is 3.11. The minimum Gasteiger partial charge on any atom is -0.505 e. The van der Waals surface area contributed by atoms with E-state index in [9.17, 15) is 14.3 Å². The van der Waals surface area contributed by atoms with Gasteiger partial charge in [0.25, 0.3) is 0 Å². The summed E-state index contributed by atoms with van der Waals surface area (Å²) in [4.78, 5) is 10.9. The van der Waals surface area contributed by atoms with Crippen LogP contribution in [-0.4, -0.2) is 16.2 Å². The first kappa shape index (κ1) is 12.5. The molecule has 1 aromatic rings. The van der Waals surface area contributed by atoms with E-state index < -0.39 is 23.0 Å². The molecule has 0 aliphatic carbocycles. The third-order valence-electron chi connectivity index (χ3n) is 2.48. The maximum absolute atomic E-state index is 13.5. The number of aromatic hydroxyl groups is 1.